The number of rotatable bonds is 9. The minimum absolute atomic E-state index is 0.0187. The van der Waals surface area contributed by atoms with Crippen molar-refractivity contribution in [2.45, 2.75) is 45.4 Å². The summed E-state index contributed by atoms with van der Waals surface area (Å²) in [4.78, 5) is 0. The van der Waals surface area contributed by atoms with Crippen LogP contribution in [0, 0.1) is 23.3 Å². The molecule has 0 spiro atoms. The van der Waals surface area contributed by atoms with Gasteiger partial charge in [-0.15, -0.1) is 0 Å². The smallest absolute Gasteiger partial charge is 0.166 e. The molecule has 0 aliphatic carbocycles. The van der Waals surface area contributed by atoms with E-state index in [1.807, 2.05) is 12.1 Å². The number of alkyl halides is 1. The lowest BCUT2D eigenvalue weighted by molar-refractivity contribution is 0.462. The highest BCUT2D eigenvalue weighted by atomic mass is 19.2. The fraction of sp³-hybridized carbons (Fsp3) is 0.308. The highest BCUT2D eigenvalue weighted by Crippen LogP contribution is 2.28. The van der Waals surface area contributed by atoms with Crippen LogP contribution in [0.1, 0.15) is 42.0 Å². The van der Waals surface area contributed by atoms with Gasteiger partial charge >= 0.3 is 0 Å². The van der Waals surface area contributed by atoms with E-state index in [4.69, 9.17) is 0 Å². The Morgan fingerprint density at radius 3 is 1.97 bits per heavy atom. The Labute approximate surface area is 179 Å². The van der Waals surface area contributed by atoms with E-state index in [2.05, 4.69) is 6.92 Å². The Morgan fingerprint density at radius 2 is 1.35 bits per heavy atom. The summed E-state index contributed by atoms with van der Waals surface area (Å²) in [6.45, 7) is 1.43. The first-order valence-electron chi connectivity index (χ1n) is 10.5. The monoisotopic (exact) mass is 432 g/mol. The molecule has 0 atom stereocenters. The molecular weight excluding hydrogens is 407 g/mol. The van der Waals surface area contributed by atoms with E-state index >= 15 is 0 Å². The molecule has 31 heavy (non-hydrogen) atoms. The number of aryl methyl sites for hydroxylation is 3. The van der Waals surface area contributed by atoms with Crippen LogP contribution < -0.4 is 0 Å². The summed E-state index contributed by atoms with van der Waals surface area (Å²) >= 11 is 0. The second kappa shape index (κ2) is 10.6. The Hall–Kier alpha value is -2.69. The minimum atomic E-state index is -0.948. The average molecular weight is 432 g/mol. The standard InChI is InChI=1S/C26H25F5/c1-2-4-17-6-9-19(10-7-17)21-13-12-20(25(30)26(21)31)11-8-18-15-23(28)22(5-3-14-27)24(29)16-18/h6-7,9-10,12-13,15-16H,2-5,8,11,14H2,1H3. The summed E-state index contributed by atoms with van der Waals surface area (Å²) < 4.78 is 69.9. The molecule has 5 heteroatoms. The Bertz CT molecular complexity index is 1000. The van der Waals surface area contributed by atoms with E-state index in [0.717, 1.165) is 18.4 Å². The maximum absolute atomic E-state index is 14.7. The van der Waals surface area contributed by atoms with Crippen LogP contribution in [0.3, 0.4) is 0 Å². The third-order valence-corrected chi connectivity index (χ3v) is 5.41. The van der Waals surface area contributed by atoms with E-state index < -0.39 is 29.9 Å². The number of hydrogen-bond donors (Lipinski definition) is 0. The summed E-state index contributed by atoms with van der Waals surface area (Å²) in [6, 6.07) is 12.8. The van der Waals surface area contributed by atoms with Crippen molar-refractivity contribution in [3.8, 4) is 11.1 Å². The lowest BCUT2D eigenvalue weighted by atomic mass is 9.97. The Balaban J connectivity index is 1.75. The average Bonchev–Trinajstić information content (AvgIpc) is 2.75. The van der Waals surface area contributed by atoms with Gasteiger partial charge in [-0.05, 0) is 66.5 Å². The maximum Gasteiger partial charge on any atom is 0.166 e. The lowest BCUT2D eigenvalue weighted by Gasteiger charge is -2.11. The van der Waals surface area contributed by atoms with E-state index in [-0.39, 0.29) is 42.4 Å². The van der Waals surface area contributed by atoms with Crippen LogP contribution >= 0.6 is 0 Å². The summed E-state index contributed by atoms with van der Waals surface area (Å²) in [5.74, 6) is -3.36. The van der Waals surface area contributed by atoms with Crippen LogP contribution in [0.4, 0.5) is 22.0 Å². The third kappa shape index (κ3) is 5.52. The summed E-state index contributed by atoms with van der Waals surface area (Å²) in [5, 5.41) is 0. The van der Waals surface area contributed by atoms with Crippen molar-refractivity contribution in [2.75, 3.05) is 6.67 Å². The molecule has 0 aliphatic rings. The van der Waals surface area contributed by atoms with Crippen LogP contribution in [-0.4, -0.2) is 6.67 Å². The van der Waals surface area contributed by atoms with Crippen LogP contribution in [0.2, 0.25) is 0 Å². The van der Waals surface area contributed by atoms with E-state index in [9.17, 15) is 22.0 Å². The van der Waals surface area contributed by atoms with Gasteiger partial charge in [-0.1, -0.05) is 49.7 Å². The number of hydrogen-bond acceptors (Lipinski definition) is 0. The molecule has 3 aromatic carbocycles. The quantitative estimate of drug-likeness (QED) is 0.306. The van der Waals surface area contributed by atoms with Gasteiger partial charge in [0.2, 0.25) is 0 Å². The van der Waals surface area contributed by atoms with Crippen LogP contribution in [0.25, 0.3) is 11.1 Å². The summed E-state index contributed by atoms with van der Waals surface area (Å²) in [7, 11) is 0. The van der Waals surface area contributed by atoms with E-state index in [1.54, 1.807) is 12.1 Å². The molecule has 0 heterocycles. The third-order valence-electron chi connectivity index (χ3n) is 5.41. The minimum Gasteiger partial charge on any atom is -0.251 e. The molecule has 0 saturated heterocycles. The first-order chi connectivity index (χ1) is 14.9. The van der Waals surface area contributed by atoms with Gasteiger partial charge in [0.25, 0.3) is 0 Å². The molecule has 0 bridgehead atoms. The van der Waals surface area contributed by atoms with Crippen molar-refractivity contribution in [3.05, 3.63) is 94.1 Å². The van der Waals surface area contributed by atoms with Crippen molar-refractivity contribution in [1.82, 2.24) is 0 Å². The van der Waals surface area contributed by atoms with E-state index in [0.29, 0.717) is 11.1 Å². The largest absolute Gasteiger partial charge is 0.251 e. The van der Waals surface area contributed by atoms with Gasteiger partial charge in [0, 0.05) is 11.1 Å². The van der Waals surface area contributed by atoms with Crippen LogP contribution in [-0.2, 0) is 25.7 Å². The molecule has 0 radical (unpaired) electrons. The highest BCUT2D eigenvalue weighted by Gasteiger charge is 2.16. The summed E-state index contributed by atoms with van der Waals surface area (Å²) in [6.07, 6.45) is 2.21. The lowest BCUT2D eigenvalue weighted by Crippen LogP contribution is -2.03. The second-order valence-electron chi connectivity index (χ2n) is 7.68. The first kappa shape index (κ1) is 23.0. The van der Waals surface area contributed by atoms with Gasteiger partial charge < -0.3 is 0 Å². The predicted molar refractivity (Wildman–Crippen MR) is 114 cm³/mol. The number of benzene rings is 3. The fourth-order valence-electron chi connectivity index (χ4n) is 3.71. The van der Waals surface area contributed by atoms with Gasteiger partial charge in [-0.3, -0.25) is 4.39 Å². The van der Waals surface area contributed by atoms with Crippen molar-refractivity contribution in [1.29, 1.82) is 0 Å². The molecule has 164 valence electrons. The van der Waals surface area contributed by atoms with Crippen LogP contribution in [0.15, 0.2) is 48.5 Å². The number of halogens is 5. The van der Waals surface area contributed by atoms with Crippen LogP contribution in [0.5, 0.6) is 0 Å². The zero-order valence-electron chi connectivity index (χ0n) is 17.5. The first-order valence-corrected chi connectivity index (χ1v) is 10.5. The predicted octanol–water partition coefficient (Wildman–Crippen LogP) is 7.55. The highest BCUT2D eigenvalue weighted by molar-refractivity contribution is 5.65. The van der Waals surface area contributed by atoms with Gasteiger partial charge in [-0.2, -0.15) is 0 Å². The van der Waals surface area contributed by atoms with Gasteiger partial charge in [0.1, 0.15) is 11.6 Å². The van der Waals surface area contributed by atoms with Gasteiger partial charge in [0.15, 0.2) is 11.6 Å². The van der Waals surface area contributed by atoms with Gasteiger partial charge in [0.05, 0.1) is 6.67 Å². The molecule has 0 amide bonds. The van der Waals surface area contributed by atoms with Crippen molar-refractivity contribution >= 4 is 0 Å². The molecular formula is C26H25F5. The fourth-order valence-corrected chi connectivity index (χ4v) is 3.71. The SMILES string of the molecule is CCCc1ccc(-c2ccc(CCc3cc(F)c(CCCF)c(F)c3)c(F)c2F)cc1. The van der Waals surface area contributed by atoms with Crippen molar-refractivity contribution < 1.29 is 22.0 Å². The molecule has 0 unspecified atom stereocenters. The Kier molecular flexibility index (Phi) is 7.83. The molecule has 0 fully saturated rings. The zero-order valence-corrected chi connectivity index (χ0v) is 17.5. The normalized spacial score (nSPS) is 11.2. The molecule has 0 aromatic heterocycles. The summed E-state index contributed by atoms with van der Waals surface area (Å²) in [5.41, 5.74) is 2.25. The molecule has 3 rings (SSSR count). The topological polar surface area (TPSA) is 0 Å². The Morgan fingerprint density at radius 1 is 0.677 bits per heavy atom. The molecule has 3 aromatic rings. The molecule has 0 aliphatic heterocycles. The molecule has 0 nitrogen and oxygen atoms in total. The second-order valence-corrected chi connectivity index (χ2v) is 7.68. The zero-order chi connectivity index (χ0) is 22.4. The van der Waals surface area contributed by atoms with Crippen molar-refractivity contribution in [2.24, 2.45) is 0 Å². The van der Waals surface area contributed by atoms with Gasteiger partial charge in [-0.25, -0.2) is 17.6 Å². The maximum atomic E-state index is 14.7. The molecule has 0 N–H and O–H groups in total. The van der Waals surface area contributed by atoms with E-state index in [1.165, 1.54) is 24.3 Å². The van der Waals surface area contributed by atoms with Crippen molar-refractivity contribution in [3.63, 3.8) is 0 Å². The molecule has 0 saturated carbocycles.